The zero-order chi connectivity index (χ0) is 14.5. The standard InChI is InChI=1S/C15H19ClN4/c1-3-4-13-14(17)18-9-19-15(13)20-10(2)11-5-7-12(16)8-6-11/h5-10H,3-4H2,1-2H3,(H3,17,18,19,20). The first-order chi connectivity index (χ1) is 9.61. The minimum Gasteiger partial charge on any atom is -0.383 e. The van der Waals surface area contributed by atoms with Crippen LogP contribution in [0.1, 0.15) is 37.4 Å². The molecule has 0 saturated carbocycles. The maximum absolute atomic E-state index is 5.93. The summed E-state index contributed by atoms with van der Waals surface area (Å²) in [5.41, 5.74) is 8.06. The van der Waals surface area contributed by atoms with Crippen molar-refractivity contribution in [1.29, 1.82) is 0 Å². The second kappa shape index (κ2) is 6.57. The van der Waals surface area contributed by atoms with Gasteiger partial charge in [-0.25, -0.2) is 9.97 Å². The Morgan fingerprint density at radius 2 is 1.95 bits per heavy atom. The van der Waals surface area contributed by atoms with Gasteiger partial charge in [-0.15, -0.1) is 0 Å². The lowest BCUT2D eigenvalue weighted by Gasteiger charge is -2.18. The van der Waals surface area contributed by atoms with Crippen molar-refractivity contribution in [3.05, 3.63) is 46.7 Å². The van der Waals surface area contributed by atoms with Gasteiger partial charge in [0.05, 0.1) is 0 Å². The predicted octanol–water partition coefficient (Wildman–Crippen LogP) is 3.84. The molecule has 0 amide bonds. The SMILES string of the molecule is CCCc1c(N)ncnc1NC(C)c1ccc(Cl)cc1. The van der Waals surface area contributed by atoms with E-state index in [0.717, 1.165) is 34.8 Å². The van der Waals surface area contributed by atoms with Crippen LogP contribution < -0.4 is 11.1 Å². The van der Waals surface area contributed by atoms with E-state index in [9.17, 15) is 0 Å². The lowest BCUT2D eigenvalue weighted by Crippen LogP contribution is -2.12. The highest BCUT2D eigenvalue weighted by atomic mass is 35.5. The van der Waals surface area contributed by atoms with Crippen LogP contribution in [0.3, 0.4) is 0 Å². The summed E-state index contributed by atoms with van der Waals surface area (Å²) in [7, 11) is 0. The smallest absolute Gasteiger partial charge is 0.135 e. The number of nitrogens with one attached hydrogen (secondary N) is 1. The van der Waals surface area contributed by atoms with Gasteiger partial charge in [0.25, 0.3) is 0 Å². The Morgan fingerprint density at radius 3 is 2.60 bits per heavy atom. The van der Waals surface area contributed by atoms with E-state index in [1.54, 1.807) is 0 Å². The van der Waals surface area contributed by atoms with Crippen LogP contribution in [0.25, 0.3) is 0 Å². The van der Waals surface area contributed by atoms with Gasteiger partial charge in [-0.3, -0.25) is 0 Å². The van der Waals surface area contributed by atoms with Crippen LogP contribution in [0.4, 0.5) is 11.6 Å². The Bertz CT molecular complexity index is 569. The Morgan fingerprint density at radius 1 is 1.25 bits per heavy atom. The highest BCUT2D eigenvalue weighted by Gasteiger charge is 2.12. The normalized spacial score (nSPS) is 12.2. The Kier molecular flexibility index (Phi) is 4.79. The summed E-state index contributed by atoms with van der Waals surface area (Å²) in [6, 6.07) is 7.90. The first-order valence-corrected chi connectivity index (χ1v) is 7.11. The molecule has 0 fully saturated rings. The molecule has 2 aromatic rings. The topological polar surface area (TPSA) is 63.8 Å². The molecule has 1 heterocycles. The molecule has 5 heteroatoms. The van der Waals surface area contributed by atoms with Crippen molar-refractivity contribution in [2.45, 2.75) is 32.7 Å². The molecule has 1 aromatic heterocycles. The molecule has 0 aliphatic carbocycles. The molecule has 0 spiro atoms. The van der Waals surface area contributed by atoms with Crippen molar-refractivity contribution in [1.82, 2.24) is 9.97 Å². The fraction of sp³-hybridized carbons (Fsp3) is 0.333. The highest BCUT2D eigenvalue weighted by Crippen LogP contribution is 2.24. The van der Waals surface area contributed by atoms with Gasteiger partial charge in [-0.1, -0.05) is 37.1 Å². The van der Waals surface area contributed by atoms with Crippen LogP contribution in [-0.4, -0.2) is 9.97 Å². The lowest BCUT2D eigenvalue weighted by molar-refractivity contribution is 0.849. The number of nitrogen functional groups attached to an aromatic ring is 1. The van der Waals surface area contributed by atoms with Crippen LogP contribution in [-0.2, 0) is 6.42 Å². The minimum absolute atomic E-state index is 0.122. The summed E-state index contributed by atoms with van der Waals surface area (Å²) >= 11 is 5.91. The third-order valence-electron chi connectivity index (χ3n) is 3.20. The number of hydrogen-bond acceptors (Lipinski definition) is 4. The van der Waals surface area contributed by atoms with E-state index in [2.05, 4.69) is 29.1 Å². The van der Waals surface area contributed by atoms with Crippen molar-refractivity contribution in [3.63, 3.8) is 0 Å². The van der Waals surface area contributed by atoms with Gasteiger partial charge in [0.2, 0.25) is 0 Å². The van der Waals surface area contributed by atoms with Crippen LogP contribution in [0.5, 0.6) is 0 Å². The van der Waals surface area contributed by atoms with Crippen molar-refractivity contribution in [2.24, 2.45) is 0 Å². The number of hydrogen-bond donors (Lipinski definition) is 2. The quantitative estimate of drug-likeness (QED) is 0.878. The van der Waals surface area contributed by atoms with Gasteiger partial charge in [-0.2, -0.15) is 0 Å². The Hall–Kier alpha value is -1.81. The van der Waals surface area contributed by atoms with Gasteiger partial charge < -0.3 is 11.1 Å². The molecule has 0 bridgehead atoms. The maximum atomic E-state index is 5.93. The second-order valence-corrected chi connectivity index (χ2v) is 5.19. The first kappa shape index (κ1) is 14.6. The highest BCUT2D eigenvalue weighted by molar-refractivity contribution is 6.30. The number of nitrogens with two attached hydrogens (primary N) is 1. The van der Waals surface area contributed by atoms with E-state index in [-0.39, 0.29) is 6.04 Å². The van der Waals surface area contributed by atoms with E-state index in [0.29, 0.717) is 5.82 Å². The zero-order valence-electron chi connectivity index (χ0n) is 11.7. The zero-order valence-corrected chi connectivity index (χ0v) is 12.5. The number of aromatic nitrogens is 2. The molecule has 3 N–H and O–H groups in total. The van der Waals surface area contributed by atoms with Gasteiger partial charge in [0.1, 0.15) is 18.0 Å². The number of rotatable bonds is 5. The minimum atomic E-state index is 0.122. The number of nitrogens with zero attached hydrogens (tertiary/aromatic N) is 2. The van der Waals surface area contributed by atoms with Crippen molar-refractivity contribution >= 4 is 23.2 Å². The van der Waals surface area contributed by atoms with Gasteiger partial charge >= 0.3 is 0 Å². The molecule has 106 valence electrons. The first-order valence-electron chi connectivity index (χ1n) is 6.73. The summed E-state index contributed by atoms with van der Waals surface area (Å²) in [5.74, 6) is 1.36. The van der Waals surface area contributed by atoms with Gasteiger partial charge in [-0.05, 0) is 31.0 Å². The summed E-state index contributed by atoms with van der Waals surface area (Å²) < 4.78 is 0. The Labute approximate surface area is 124 Å². The van der Waals surface area contributed by atoms with E-state index < -0.39 is 0 Å². The van der Waals surface area contributed by atoms with Crippen molar-refractivity contribution in [2.75, 3.05) is 11.1 Å². The van der Waals surface area contributed by atoms with Crippen LogP contribution in [0.2, 0.25) is 5.02 Å². The van der Waals surface area contributed by atoms with E-state index in [1.165, 1.54) is 6.33 Å². The molecule has 0 saturated heterocycles. The fourth-order valence-corrected chi connectivity index (χ4v) is 2.21. The van der Waals surface area contributed by atoms with E-state index in [4.69, 9.17) is 17.3 Å². The third-order valence-corrected chi connectivity index (χ3v) is 3.45. The average Bonchev–Trinajstić information content (AvgIpc) is 2.43. The summed E-state index contributed by atoms with van der Waals surface area (Å²) in [6.07, 6.45) is 3.36. The molecule has 20 heavy (non-hydrogen) atoms. The van der Waals surface area contributed by atoms with Crippen LogP contribution in [0.15, 0.2) is 30.6 Å². The molecule has 1 unspecified atom stereocenters. The van der Waals surface area contributed by atoms with E-state index in [1.807, 2.05) is 24.3 Å². The van der Waals surface area contributed by atoms with Crippen molar-refractivity contribution in [3.8, 4) is 0 Å². The molecule has 0 aliphatic heterocycles. The molecule has 0 radical (unpaired) electrons. The molecule has 1 atom stereocenters. The Balaban J connectivity index is 2.21. The van der Waals surface area contributed by atoms with Gasteiger partial charge in [0, 0.05) is 16.6 Å². The number of halogens is 1. The average molecular weight is 291 g/mol. The molecule has 4 nitrogen and oxygen atoms in total. The summed E-state index contributed by atoms with van der Waals surface area (Å²) in [6.45, 7) is 4.19. The molecule has 1 aromatic carbocycles. The largest absolute Gasteiger partial charge is 0.383 e. The maximum Gasteiger partial charge on any atom is 0.135 e. The van der Waals surface area contributed by atoms with E-state index >= 15 is 0 Å². The molecule has 2 rings (SSSR count). The van der Waals surface area contributed by atoms with Gasteiger partial charge in [0.15, 0.2) is 0 Å². The predicted molar refractivity (Wildman–Crippen MR) is 83.9 cm³/mol. The van der Waals surface area contributed by atoms with Crippen molar-refractivity contribution < 1.29 is 0 Å². The molecular formula is C15H19ClN4. The molecular weight excluding hydrogens is 272 g/mol. The summed E-state index contributed by atoms with van der Waals surface area (Å²) in [4.78, 5) is 8.37. The summed E-state index contributed by atoms with van der Waals surface area (Å²) in [5, 5.41) is 4.13. The number of anilines is 2. The second-order valence-electron chi connectivity index (χ2n) is 4.75. The monoisotopic (exact) mass is 290 g/mol. The lowest BCUT2D eigenvalue weighted by atomic mass is 10.1. The van der Waals surface area contributed by atoms with Crippen LogP contribution >= 0.6 is 11.6 Å². The molecule has 0 aliphatic rings. The fourth-order valence-electron chi connectivity index (χ4n) is 2.09. The van der Waals surface area contributed by atoms with Crippen LogP contribution in [0, 0.1) is 0 Å². The number of benzene rings is 1. The third kappa shape index (κ3) is 3.39.